The standard InChI is InChI=1S/C14H13F3N2O2/c1-19-8-11(7-18-19)4-5-21-13-3-2-10(9-20)6-12(13)14(15,16)17/h2-3,6-9H,4-5H2,1H3. The Hall–Kier alpha value is -2.31. The van der Waals surface area contributed by atoms with Gasteiger partial charge in [0, 0.05) is 25.2 Å². The van der Waals surface area contributed by atoms with E-state index in [0.29, 0.717) is 12.7 Å². The lowest BCUT2D eigenvalue weighted by molar-refractivity contribution is -0.138. The summed E-state index contributed by atoms with van der Waals surface area (Å²) >= 11 is 0. The number of ether oxygens (including phenoxy) is 1. The van der Waals surface area contributed by atoms with Crippen molar-refractivity contribution in [2.75, 3.05) is 6.61 Å². The second-order valence-electron chi connectivity index (χ2n) is 4.49. The van der Waals surface area contributed by atoms with Gasteiger partial charge in [0.15, 0.2) is 0 Å². The van der Waals surface area contributed by atoms with E-state index in [2.05, 4.69) is 5.10 Å². The van der Waals surface area contributed by atoms with Crippen molar-refractivity contribution in [3.8, 4) is 5.75 Å². The maximum absolute atomic E-state index is 12.9. The van der Waals surface area contributed by atoms with Crippen LogP contribution in [0.5, 0.6) is 5.75 Å². The maximum Gasteiger partial charge on any atom is 0.419 e. The number of hydrogen-bond donors (Lipinski definition) is 0. The molecule has 0 fully saturated rings. The first-order chi connectivity index (χ1) is 9.90. The first-order valence-electron chi connectivity index (χ1n) is 6.17. The zero-order valence-corrected chi connectivity index (χ0v) is 11.2. The normalized spacial score (nSPS) is 11.4. The smallest absolute Gasteiger partial charge is 0.419 e. The van der Waals surface area contributed by atoms with Gasteiger partial charge in [0.2, 0.25) is 0 Å². The number of alkyl halides is 3. The molecular formula is C14H13F3N2O2. The Balaban J connectivity index is 2.10. The first-order valence-corrected chi connectivity index (χ1v) is 6.17. The van der Waals surface area contributed by atoms with Gasteiger partial charge >= 0.3 is 6.18 Å². The molecular weight excluding hydrogens is 285 g/mol. The summed E-state index contributed by atoms with van der Waals surface area (Å²) in [4.78, 5) is 10.6. The Morgan fingerprint density at radius 1 is 1.38 bits per heavy atom. The Kier molecular flexibility index (Phi) is 4.30. The van der Waals surface area contributed by atoms with Crippen molar-refractivity contribution in [2.45, 2.75) is 12.6 Å². The third-order valence-corrected chi connectivity index (χ3v) is 2.85. The molecule has 0 amide bonds. The summed E-state index contributed by atoms with van der Waals surface area (Å²) in [5.41, 5.74) is -0.115. The monoisotopic (exact) mass is 298 g/mol. The van der Waals surface area contributed by atoms with Crippen LogP contribution in [0.1, 0.15) is 21.5 Å². The Bertz CT molecular complexity index is 635. The van der Waals surface area contributed by atoms with Crippen LogP contribution in [0.4, 0.5) is 13.2 Å². The van der Waals surface area contributed by atoms with E-state index in [4.69, 9.17) is 4.74 Å². The molecule has 1 aromatic heterocycles. The Morgan fingerprint density at radius 2 is 2.14 bits per heavy atom. The van der Waals surface area contributed by atoms with Gasteiger partial charge in [0.1, 0.15) is 12.0 Å². The van der Waals surface area contributed by atoms with E-state index in [0.717, 1.165) is 17.7 Å². The lowest BCUT2D eigenvalue weighted by atomic mass is 10.1. The maximum atomic E-state index is 12.9. The number of hydrogen-bond acceptors (Lipinski definition) is 3. The largest absolute Gasteiger partial charge is 0.493 e. The van der Waals surface area contributed by atoms with Crippen LogP contribution in [-0.2, 0) is 19.6 Å². The van der Waals surface area contributed by atoms with E-state index in [-0.39, 0.29) is 17.9 Å². The van der Waals surface area contributed by atoms with E-state index in [1.54, 1.807) is 24.1 Å². The van der Waals surface area contributed by atoms with Gasteiger partial charge in [-0.1, -0.05) is 0 Å². The molecule has 0 atom stereocenters. The number of halogens is 3. The van der Waals surface area contributed by atoms with Gasteiger partial charge < -0.3 is 4.74 Å². The fraction of sp³-hybridized carbons (Fsp3) is 0.286. The molecule has 0 aliphatic rings. The lowest BCUT2D eigenvalue weighted by Gasteiger charge is -2.14. The van der Waals surface area contributed by atoms with E-state index in [9.17, 15) is 18.0 Å². The molecule has 1 aromatic carbocycles. The van der Waals surface area contributed by atoms with Gasteiger partial charge in [-0.25, -0.2) is 0 Å². The third kappa shape index (κ3) is 3.84. The molecule has 0 saturated carbocycles. The fourth-order valence-electron chi connectivity index (χ4n) is 1.85. The topological polar surface area (TPSA) is 44.1 Å². The molecule has 0 aliphatic carbocycles. The highest BCUT2D eigenvalue weighted by Crippen LogP contribution is 2.36. The van der Waals surface area contributed by atoms with E-state index in [1.165, 1.54) is 6.07 Å². The summed E-state index contributed by atoms with van der Waals surface area (Å²) in [6.07, 6.45) is -0.356. The Labute approximate surface area is 119 Å². The first kappa shape index (κ1) is 15.1. The number of aldehydes is 1. The zero-order chi connectivity index (χ0) is 15.5. The SMILES string of the molecule is Cn1cc(CCOc2ccc(C=O)cc2C(F)(F)F)cn1. The quantitative estimate of drug-likeness (QED) is 0.797. The van der Waals surface area contributed by atoms with Crippen LogP contribution in [0.25, 0.3) is 0 Å². The van der Waals surface area contributed by atoms with E-state index in [1.807, 2.05) is 0 Å². The number of aromatic nitrogens is 2. The minimum Gasteiger partial charge on any atom is -0.493 e. The van der Waals surface area contributed by atoms with Crippen LogP contribution in [0, 0.1) is 0 Å². The fourth-order valence-corrected chi connectivity index (χ4v) is 1.85. The molecule has 0 radical (unpaired) electrons. The molecule has 4 nitrogen and oxygen atoms in total. The van der Waals surface area contributed by atoms with Crippen molar-refractivity contribution in [3.05, 3.63) is 47.3 Å². The van der Waals surface area contributed by atoms with E-state index < -0.39 is 11.7 Å². The van der Waals surface area contributed by atoms with Crippen molar-refractivity contribution in [2.24, 2.45) is 7.05 Å². The molecule has 112 valence electrons. The van der Waals surface area contributed by atoms with Gasteiger partial charge in [0.05, 0.1) is 18.4 Å². The van der Waals surface area contributed by atoms with Crippen molar-refractivity contribution in [1.82, 2.24) is 9.78 Å². The van der Waals surface area contributed by atoms with Gasteiger partial charge in [-0.15, -0.1) is 0 Å². The highest BCUT2D eigenvalue weighted by Gasteiger charge is 2.34. The Morgan fingerprint density at radius 3 is 2.71 bits per heavy atom. The molecule has 0 bridgehead atoms. The molecule has 0 N–H and O–H groups in total. The number of benzene rings is 1. The lowest BCUT2D eigenvalue weighted by Crippen LogP contribution is -2.11. The van der Waals surface area contributed by atoms with Crippen LogP contribution >= 0.6 is 0 Å². The predicted octanol–water partition coefficient (Wildman–Crippen LogP) is 2.87. The van der Waals surface area contributed by atoms with Crippen LogP contribution in [-0.4, -0.2) is 22.7 Å². The highest BCUT2D eigenvalue weighted by atomic mass is 19.4. The third-order valence-electron chi connectivity index (χ3n) is 2.85. The molecule has 0 spiro atoms. The van der Waals surface area contributed by atoms with E-state index >= 15 is 0 Å². The summed E-state index contributed by atoms with van der Waals surface area (Å²) in [5, 5.41) is 3.96. The minimum absolute atomic E-state index is 0.0399. The van der Waals surface area contributed by atoms with Crippen LogP contribution in [0.3, 0.4) is 0 Å². The van der Waals surface area contributed by atoms with Gasteiger partial charge in [-0.3, -0.25) is 9.48 Å². The number of aryl methyl sites for hydroxylation is 1. The zero-order valence-electron chi connectivity index (χ0n) is 11.2. The minimum atomic E-state index is -4.57. The van der Waals surface area contributed by atoms with Crippen LogP contribution < -0.4 is 4.74 Å². The van der Waals surface area contributed by atoms with Crippen LogP contribution in [0.15, 0.2) is 30.6 Å². The number of rotatable bonds is 5. The summed E-state index contributed by atoms with van der Waals surface area (Å²) in [6.45, 7) is 0.0925. The highest BCUT2D eigenvalue weighted by molar-refractivity contribution is 5.75. The molecule has 2 rings (SSSR count). The second kappa shape index (κ2) is 5.99. The summed E-state index contributed by atoms with van der Waals surface area (Å²) in [6, 6.07) is 3.24. The van der Waals surface area contributed by atoms with Gasteiger partial charge in [0.25, 0.3) is 0 Å². The number of nitrogens with zero attached hydrogens (tertiary/aromatic N) is 2. The van der Waals surface area contributed by atoms with Crippen molar-refractivity contribution in [1.29, 1.82) is 0 Å². The molecule has 21 heavy (non-hydrogen) atoms. The van der Waals surface area contributed by atoms with Crippen molar-refractivity contribution >= 4 is 6.29 Å². The summed E-state index contributed by atoms with van der Waals surface area (Å²) in [7, 11) is 1.75. The van der Waals surface area contributed by atoms with Gasteiger partial charge in [-0.05, 0) is 23.8 Å². The predicted molar refractivity (Wildman–Crippen MR) is 69.2 cm³/mol. The summed E-state index contributed by atoms with van der Waals surface area (Å²) in [5.74, 6) is -0.281. The number of carbonyl (C=O) groups is 1. The second-order valence-corrected chi connectivity index (χ2v) is 4.49. The summed E-state index contributed by atoms with van der Waals surface area (Å²) < 4.78 is 45.5. The van der Waals surface area contributed by atoms with Crippen molar-refractivity contribution in [3.63, 3.8) is 0 Å². The molecule has 0 unspecified atom stereocenters. The van der Waals surface area contributed by atoms with Crippen LogP contribution in [0.2, 0.25) is 0 Å². The van der Waals surface area contributed by atoms with Crippen molar-refractivity contribution < 1.29 is 22.7 Å². The molecule has 0 aliphatic heterocycles. The molecule has 1 heterocycles. The average Bonchev–Trinajstić information content (AvgIpc) is 2.83. The molecule has 2 aromatic rings. The molecule has 7 heteroatoms. The van der Waals surface area contributed by atoms with Gasteiger partial charge in [-0.2, -0.15) is 18.3 Å². The number of carbonyl (C=O) groups excluding carboxylic acids is 1. The molecule has 0 saturated heterocycles. The average molecular weight is 298 g/mol.